The average molecular weight is 299 g/mol. The average Bonchev–Trinajstić information content (AvgIpc) is 2.95. The SMILES string of the molecule is COc1ccc(Nc2nc3cc(OC)c(OC)cc3[nH]2)cc1. The Balaban J connectivity index is 1.90. The molecule has 3 aromatic rings. The lowest BCUT2D eigenvalue weighted by molar-refractivity contribution is 0.356. The summed E-state index contributed by atoms with van der Waals surface area (Å²) in [4.78, 5) is 7.71. The van der Waals surface area contributed by atoms with Gasteiger partial charge in [0.15, 0.2) is 11.5 Å². The molecule has 6 nitrogen and oxygen atoms in total. The number of aromatic nitrogens is 2. The summed E-state index contributed by atoms with van der Waals surface area (Å²) < 4.78 is 15.7. The van der Waals surface area contributed by atoms with E-state index in [1.54, 1.807) is 21.3 Å². The molecular weight excluding hydrogens is 282 g/mol. The van der Waals surface area contributed by atoms with Gasteiger partial charge in [0, 0.05) is 17.8 Å². The number of hydrogen-bond donors (Lipinski definition) is 2. The Morgan fingerprint density at radius 3 is 2.23 bits per heavy atom. The lowest BCUT2D eigenvalue weighted by atomic mass is 10.3. The number of benzene rings is 2. The van der Waals surface area contributed by atoms with Gasteiger partial charge in [-0.25, -0.2) is 4.98 Å². The molecule has 0 aliphatic heterocycles. The molecule has 2 aromatic carbocycles. The summed E-state index contributed by atoms with van der Waals surface area (Å²) in [5.41, 5.74) is 2.58. The van der Waals surface area contributed by atoms with Crippen molar-refractivity contribution in [2.45, 2.75) is 0 Å². The second-order valence-electron chi connectivity index (χ2n) is 4.66. The number of methoxy groups -OCH3 is 3. The molecule has 114 valence electrons. The van der Waals surface area contributed by atoms with Gasteiger partial charge in [-0.2, -0.15) is 0 Å². The van der Waals surface area contributed by atoms with Crippen LogP contribution in [0.4, 0.5) is 11.6 Å². The van der Waals surface area contributed by atoms with Gasteiger partial charge in [0.05, 0.1) is 32.4 Å². The first-order valence-electron chi connectivity index (χ1n) is 6.76. The van der Waals surface area contributed by atoms with Crippen molar-refractivity contribution in [1.29, 1.82) is 0 Å². The van der Waals surface area contributed by atoms with Gasteiger partial charge in [-0.05, 0) is 24.3 Å². The molecule has 22 heavy (non-hydrogen) atoms. The zero-order valence-corrected chi connectivity index (χ0v) is 12.6. The van der Waals surface area contributed by atoms with Crippen molar-refractivity contribution in [2.24, 2.45) is 0 Å². The number of imidazole rings is 1. The van der Waals surface area contributed by atoms with E-state index in [2.05, 4.69) is 15.3 Å². The van der Waals surface area contributed by atoms with Crippen molar-refractivity contribution in [3.63, 3.8) is 0 Å². The third-order valence-electron chi connectivity index (χ3n) is 3.34. The third-order valence-corrected chi connectivity index (χ3v) is 3.34. The van der Waals surface area contributed by atoms with E-state index < -0.39 is 0 Å². The predicted octanol–water partition coefficient (Wildman–Crippen LogP) is 3.33. The summed E-state index contributed by atoms with van der Waals surface area (Å²) in [6.07, 6.45) is 0. The van der Waals surface area contributed by atoms with Crippen LogP contribution in [-0.2, 0) is 0 Å². The Labute approximate surface area is 128 Å². The van der Waals surface area contributed by atoms with Crippen LogP contribution in [0.5, 0.6) is 17.2 Å². The molecule has 0 radical (unpaired) electrons. The van der Waals surface area contributed by atoms with Crippen LogP contribution in [0.15, 0.2) is 36.4 Å². The van der Waals surface area contributed by atoms with Gasteiger partial charge >= 0.3 is 0 Å². The van der Waals surface area contributed by atoms with Gasteiger partial charge in [-0.1, -0.05) is 0 Å². The normalized spacial score (nSPS) is 10.5. The molecule has 1 aromatic heterocycles. The molecule has 0 aliphatic rings. The summed E-state index contributed by atoms with van der Waals surface area (Å²) in [5, 5.41) is 3.22. The fraction of sp³-hybridized carbons (Fsp3) is 0.188. The summed E-state index contributed by atoms with van der Waals surface area (Å²) in [6.45, 7) is 0. The number of anilines is 2. The summed E-state index contributed by atoms with van der Waals surface area (Å²) in [6, 6.07) is 11.3. The summed E-state index contributed by atoms with van der Waals surface area (Å²) >= 11 is 0. The van der Waals surface area contributed by atoms with E-state index in [1.165, 1.54) is 0 Å². The maximum atomic E-state index is 5.29. The quantitative estimate of drug-likeness (QED) is 0.756. The highest BCUT2D eigenvalue weighted by Gasteiger charge is 2.10. The van der Waals surface area contributed by atoms with Crippen molar-refractivity contribution in [3.8, 4) is 17.2 Å². The van der Waals surface area contributed by atoms with Crippen molar-refractivity contribution < 1.29 is 14.2 Å². The van der Waals surface area contributed by atoms with E-state index in [0.717, 1.165) is 22.5 Å². The first-order valence-corrected chi connectivity index (χ1v) is 6.76. The van der Waals surface area contributed by atoms with Gasteiger partial charge in [-0.15, -0.1) is 0 Å². The largest absolute Gasteiger partial charge is 0.497 e. The molecule has 0 fully saturated rings. The zero-order valence-electron chi connectivity index (χ0n) is 12.6. The second-order valence-corrected chi connectivity index (χ2v) is 4.66. The van der Waals surface area contributed by atoms with Crippen LogP contribution in [0.3, 0.4) is 0 Å². The van der Waals surface area contributed by atoms with Crippen LogP contribution in [0, 0.1) is 0 Å². The Kier molecular flexibility index (Phi) is 3.74. The highest BCUT2D eigenvalue weighted by atomic mass is 16.5. The lowest BCUT2D eigenvalue weighted by Crippen LogP contribution is -1.92. The van der Waals surface area contributed by atoms with E-state index in [0.29, 0.717) is 17.4 Å². The molecule has 0 atom stereocenters. The third kappa shape index (κ3) is 2.63. The number of rotatable bonds is 5. The van der Waals surface area contributed by atoms with E-state index in [4.69, 9.17) is 14.2 Å². The Morgan fingerprint density at radius 2 is 1.59 bits per heavy atom. The first kappa shape index (κ1) is 14.1. The Bertz CT molecular complexity index is 740. The summed E-state index contributed by atoms with van der Waals surface area (Å²) in [7, 11) is 4.85. The van der Waals surface area contributed by atoms with Gasteiger partial charge in [-0.3, -0.25) is 0 Å². The predicted molar refractivity (Wildman–Crippen MR) is 85.5 cm³/mol. The Hall–Kier alpha value is -2.89. The molecule has 6 heteroatoms. The fourth-order valence-electron chi connectivity index (χ4n) is 2.21. The van der Waals surface area contributed by atoms with Crippen molar-refractivity contribution >= 4 is 22.7 Å². The molecule has 0 amide bonds. The molecule has 0 aliphatic carbocycles. The molecule has 0 spiro atoms. The van der Waals surface area contributed by atoms with E-state index in [1.807, 2.05) is 36.4 Å². The number of nitrogens with zero attached hydrogens (tertiary/aromatic N) is 1. The second kappa shape index (κ2) is 5.85. The maximum absolute atomic E-state index is 5.29. The van der Waals surface area contributed by atoms with Crippen LogP contribution in [0.1, 0.15) is 0 Å². The van der Waals surface area contributed by atoms with Crippen LogP contribution in [0.25, 0.3) is 11.0 Å². The molecule has 0 bridgehead atoms. The monoisotopic (exact) mass is 299 g/mol. The number of nitrogens with one attached hydrogen (secondary N) is 2. The standard InChI is InChI=1S/C16H17N3O3/c1-20-11-6-4-10(5-7-11)17-16-18-12-8-14(21-2)15(22-3)9-13(12)19-16/h4-9H,1-3H3,(H2,17,18,19). The van der Waals surface area contributed by atoms with Gasteiger partial charge in [0.25, 0.3) is 0 Å². The zero-order chi connectivity index (χ0) is 15.5. The molecule has 0 saturated carbocycles. The lowest BCUT2D eigenvalue weighted by Gasteiger charge is -2.06. The number of fused-ring (bicyclic) bond motifs is 1. The highest BCUT2D eigenvalue weighted by molar-refractivity contribution is 5.82. The van der Waals surface area contributed by atoms with Crippen molar-refractivity contribution in [2.75, 3.05) is 26.6 Å². The number of hydrogen-bond acceptors (Lipinski definition) is 5. The molecule has 0 unspecified atom stereocenters. The minimum absolute atomic E-state index is 0.649. The Morgan fingerprint density at radius 1 is 0.909 bits per heavy atom. The van der Waals surface area contributed by atoms with Crippen LogP contribution in [0.2, 0.25) is 0 Å². The van der Waals surface area contributed by atoms with Crippen LogP contribution >= 0.6 is 0 Å². The van der Waals surface area contributed by atoms with Gasteiger partial charge < -0.3 is 24.5 Å². The minimum Gasteiger partial charge on any atom is -0.497 e. The van der Waals surface area contributed by atoms with Crippen molar-refractivity contribution in [3.05, 3.63) is 36.4 Å². The first-order chi connectivity index (χ1) is 10.7. The highest BCUT2D eigenvalue weighted by Crippen LogP contribution is 2.32. The maximum Gasteiger partial charge on any atom is 0.205 e. The molecule has 3 rings (SSSR count). The number of ether oxygens (including phenoxy) is 3. The van der Waals surface area contributed by atoms with E-state index >= 15 is 0 Å². The molecule has 0 saturated heterocycles. The fourth-order valence-corrected chi connectivity index (χ4v) is 2.21. The molecule has 1 heterocycles. The minimum atomic E-state index is 0.649. The number of aromatic amines is 1. The number of H-pyrrole nitrogens is 1. The van der Waals surface area contributed by atoms with Crippen LogP contribution in [-0.4, -0.2) is 31.3 Å². The van der Waals surface area contributed by atoms with Crippen molar-refractivity contribution in [1.82, 2.24) is 9.97 Å². The summed E-state index contributed by atoms with van der Waals surface area (Å²) in [5.74, 6) is 2.77. The van der Waals surface area contributed by atoms with E-state index in [9.17, 15) is 0 Å². The van der Waals surface area contributed by atoms with Crippen LogP contribution < -0.4 is 19.5 Å². The molecule has 2 N–H and O–H groups in total. The van der Waals surface area contributed by atoms with Gasteiger partial charge in [0.1, 0.15) is 5.75 Å². The van der Waals surface area contributed by atoms with E-state index in [-0.39, 0.29) is 0 Å². The molecular formula is C16H17N3O3. The smallest absolute Gasteiger partial charge is 0.205 e. The topological polar surface area (TPSA) is 68.4 Å². The van der Waals surface area contributed by atoms with Gasteiger partial charge in [0.2, 0.25) is 5.95 Å².